The van der Waals surface area contributed by atoms with Crippen LogP contribution >= 0.6 is 39.9 Å². The number of hydrogen-bond acceptors (Lipinski definition) is 2. The summed E-state index contributed by atoms with van der Waals surface area (Å²) < 4.78 is 6.41. The highest BCUT2D eigenvalue weighted by Gasteiger charge is 2.22. The average Bonchev–Trinajstić information content (AvgIpc) is 2.12. The lowest BCUT2D eigenvalue weighted by Crippen LogP contribution is -2.21. The van der Waals surface area contributed by atoms with Crippen molar-refractivity contribution >= 4 is 39.9 Å². The summed E-state index contributed by atoms with van der Waals surface area (Å²) in [6.07, 6.45) is 0.823. The van der Waals surface area contributed by atoms with Crippen LogP contribution < -0.4 is 10.5 Å². The zero-order chi connectivity index (χ0) is 9.42. The summed E-state index contributed by atoms with van der Waals surface area (Å²) >= 11 is 9.43. The zero-order valence-corrected chi connectivity index (χ0v) is 10.5. The normalized spacial score (nSPS) is 19.2. The number of hydrogen-bond donors (Lipinski definition) is 1. The molecule has 1 aromatic rings. The maximum absolute atomic E-state index is 6.03. The Morgan fingerprint density at radius 1 is 1.50 bits per heavy atom. The Bertz CT molecular complexity index is 346. The quantitative estimate of drug-likeness (QED) is 0.797. The highest BCUT2D eigenvalue weighted by molar-refractivity contribution is 9.10. The molecule has 1 aromatic carbocycles. The first-order chi connectivity index (χ1) is 6.20. The summed E-state index contributed by atoms with van der Waals surface area (Å²) in [4.78, 5) is 0. The molecule has 0 aliphatic carbocycles. The van der Waals surface area contributed by atoms with Gasteiger partial charge in [-0.2, -0.15) is 0 Å². The average molecular weight is 299 g/mol. The molecule has 2 N–H and O–H groups in total. The van der Waals surface area contributed by atoms with Gasteiger partial charge in [0.25, 0.3) is 0 Å². The van der Waals surface area contributed by atoms with Crippen molar-refractivity contribution in [2.45, 2.75) is 12.5 Å². The van der Waals surface area contributed by atoms with E-state index in [1.807, 2.05) is 12.1 Å². The molecule has 14 heavy (non-hydrogen) atoms. The third-order valence-electron chi connectivity index (χ3n) is 2.14. The molecule has 0 bridgehead atoms. The molecule has 0 fully saturated rings. The maximum Gasteiger partial charge on any atom is 0.139 e. The lowest BCUT2D eigenvalue weighted by molar-refractivity contribution is 0.267. The first kappa shape index (κ1) is 12.1. The van der Waals surface area contributed by atoms with Crippen LogP contribution in [0.25, 0.3) is 0 Å². The van der Waals surface area contributed by atoms with Crippen LogP contribution in [0.1, 0.15) is 18.0 Å². The van der Waals surface area contributed by atoms with Crippen molar-refractivity contribution in [2.24, 2.45) is 5.73 Å². The molecule has 2 nitrogen and oxygen atoms in total. The molecule has 0 amide bonds. The van der Waals surface area contributed by atoms with Crippen LogP contribution in [0.5, 0.6) is 5.75 Å². The van der Waals surface area contributed by atoms with Gasteiger partial charge in [0.2, 0.25) is 0 Å². The predicted molar refractivity (Wildman–Crippen MR) is 63.4 cm³/mol. The van der Waals surface area contributed by atoms with Crippen molar-refractivity contribution in [3.63, 3.8) is 0 Å². The van der Waals surface area contributed by atoms with Crippen LogP contribution in [-0.4, -0.2) is 6.61 Å². The van der Waals surface area contributed by atoms with E-state index in [4.69, 9.17) is 22.1 Å². The summed E-state index contributed by atoms with van der Waals surface area (Å²) in [6, 6.07) is 3.70. The second-order valence-electron chi connectivity index (χ2n) is 3.02. The molecule has 1 aliphatic heterocycles. The number of nitrogens with two attached hydrogens (primary N) is 1. The van der Waals surface area contributed by atoms with Gasteiger partial charge in [-0.15, -0.1) is 12.4 Å². The van der Waals surface area contributed by atoms with Gasteiger partial charge in [0.05, 0.1) is 11.1 Å². The highest BCUT2D eigenvalue weighted by atomic mass is 79.9. The summed E-state index contributed by atoms with van der Waals surface area (Å²) in [5, 5.41) is 0.686. The molecule has 2 rings (SSSR count). The van der Waals surface area contributed by atoms with Gasteiger partial charge < -0.3 is 10.5 Å². The molecule has 1 aliphatic rings. The van der Waals surface area contributed by atoms with Gasteiger partial charge in [0.1, 0.15) is 5.75 Å². The van der Waals surface area contributed by atoms with E-state index in [-0.39, 0.29) is 18.4 Å². The zero-order valence-electron chi connectivity index (χ0n) is 7.30. The molecule has 1 atom stereocenters. The van der Waals surface area contributed by atoms with Gasteiger partial charge in [-0.25, -0.2) is 0 Å². The maximum atomic E-state index is 6.03. The summed E-state index contributed by atoms with van der Waals surface area (Å²) in [7, 11) is 0. The first-order valence-electron chi connectivity index (χ1n) is 4.06. The Hall–Kier alpha value is 0.0400. The van der Waals surface area contributed by atoms with Crippen molar-refractivity contribution in [1.29, 1.82) is 0 Å². The Balaban J connectivity index is 0.000000980. The van der Waals surface area contributed by atoms with Crippen molar-refractivity contribution in [1.82, 2.24) is 0 Å². The fourth-order valence-electron chi connectivity index (χ4n) is 1.47. The lowest BCUT2D eigenvalue weighted by Gasteiger charge is -2.24. The summed E-state index contributed by atoms with van der Waals surface area (Å²) in [5.74, 6) is 0.797. The van der Waals surface area contributed by atoms with Crippen molar-refractivity contribution < 1.29 is 4.74 Å². The minimum absolute atomic E-state index is 0. The van der Waals surface area contributed by atoms with Gasteiger partial charge >= 0.3 is 0 Å². The molecular weight excluding hydrogens is 289 g/mol. The predicted octanol–water partition coefficient (Wildman–Crippen LogP) is 3.31. The molecule has 0 saturated heterocycles. The lowest BCUT2D eigenvalue weighted by atomic mass is 10.0. The van der Waals surface area contributed by atoms with E-state index in [1.54, 1.807) is 0 Å². The Morgan fingerprint density at radius 2 is 2.21 bits per heavy atom. The minimum Gasteiger partial charge on any atom is -0.492 e. The number of fused-ring (bicyclic) bond motifs is 1. The van der Waals surface area contributed by atoms with E-state index in [0.29, 0.717) is 11.6 Å². The number of halogens is 3. The van der Waals surface area contributed by atoms with E-state index >= 15 is 0 Å². The molecule has 5 heteroatoms. The highest BCUT2D eigenvalue weighted by Crippen LogP contribution is 2.40. The van der Waals surface area contributed by atoms with E-state index in [9.17, 15) is 0 Å². The van der Waals surface area contributed by atoms with Gasteiger partial charge in [0.15, 0.2) is 0 Å². The van der Waals surface area contributed by atoms with Gasteiger partial charge in [-0.05, 0) is 28.1 Å². The topological polar surface area (TPSA) is 35.2 Å². The third kappa shape index (κ3) is 2.01. The van der Waals surface area contributed by atoms with E-state index < -0.39 is 0 Å². The van der Waals surface area contributed by atoms with Crippen molar-refractivity contribution in [3.05, 3.63) is 27.2 Å². The standard InChI is InChI=1S/C9H9BrClNO.ClH/c10-5-1-2-6(11)8-7(12)3-4-13-9(5)8;/h1-2,7H,3-4,12H2;1H/t7-;/m1./s1. The molecule has 0 spiro atoms. The minimum atomic E-state index is -0.00579. The van der Waals surface area contributed by atoms with Crippen LogP contribution in [0.4, 0.5) is 0 Å². The van der Waals surface area contributed by atoms with E-state index in [1.165, 1.54) is 0 Å². The summed E-state index contributed by atoms with van der Waals surface area (Å²) in [5.41, 5.74) is 6.85. The molecular formula is C9H10BrCl2NO. The second kappa shape index (κ2) is 4.71. The monoisotopic (exact) mass is 297 g/mol. The van der Waals surface area contributed by atoms with E-state index in [0.717, 1.165) is 22.2 Å². The van der Waals surface area contributed by atoms with Gasteiger partial charge in [-0.1, -0.05) is 11.6 Å². The smallest absolute Gasteiger partial charge is 0.139 e. The van der Waals surface area contributed by atoms with Crippen LogP contribution in [-0.2, 0) is 0 Å². The largest absolute Gasteiger partial charge is 0.492 e. The SMILES string of the molecule is Cl.N[C@@H]1CCOc2c(Br)ccc(Cl)c21. The Labute approximate surface area is 102 Å². The molecule has 0 unspecified atom stereocenters. The molecule has 0 aromatic heterocycles. The first-order valence-corrected chi connectivity index (χ1v) is 5.23. The summed E-state index contributed by atoms with van der Waals surface area (Å²) in [6.45, 7) is 0.660. The number of ether oxygens (including phenoxy) is 1. The van der Waals surface area contributed by atoms with Crippen LogP contribution in [0.3, 0.4) is 0 Å². The Morgan fingerprint density at radius 3 is 2.86 bits per heavy atom. The van der Waals surface area contributed by atoms with Crippen LogP contribution in [0.15, 0.2) is 16.6 Å². The second-order valence-corrected chi connectivity index (χ2v) is 4.28. The number of rotatable bonds is 0. The third-order valence-corrected chi connectivity index (χ3v) is 3.09. The van der Waals surface area contributed by atoms with Crippen LogP contribution in [0, 0.1) is 0 Å². The fourth-order valence-corrected chi connectivity index (χ4v) is 2.22. The fraction of sp³-hybridized carbons (Fsp3) is 0.333. The number of benzene rings is 1. The van der Waals surface area contributed by atoms with Crippen LogP contribution in [0.2, 0.25) is 5.02 Å². The molecule has 1 heterocycles. The molecule has 0 radical (unpaired) electrons. The molecule has 78 valence electrons. The molecule has 0 saturated carbocycles. The van der Waals surface area contributed by atoms with Crippen molar-refractivity contribution in [3.8, 4) is 5.75 Å². The van der Waals surface area contributed by atoms with Crippen molar-refractivity contribution in [2.75, 3.05) is 6.61 Å². The van der Waals surface area contributed by atoms with E-state index in [2.05, 4.69) is 15.9 Å². The van der Waals surface area contributed by atoms with Gasteiger partial charge in [-0.3, -0.25) is 0 Å². The Kier molecular flexibility index (Phi) is 4.07. The van der Waals surface area contributed by atoms with Gasteiger partial charge in [0, 0.05) is 23.0 Å².